The van der Waals surface area contributed by atoms with Gasteiger partial charge in [-0.3, -0.25) is 5.84 Å². The molecule has 1 aliphatic rings. The first-order chi connectivity index (χ1) is 10.1. The predicted molar refractivity (Wildman–Crippen MR) is 84.4 cm³/mol. The van der Waals surface area contributed by atoms with E-state index in [0.29, 0.717) is 5.56 Å². The number of nitrogens with two attached hydrogens (primary N) is 1. The molecule has 0 saturated heterocycles. The highest BCUT2D eigenvalue weighted by Crippen LogP contribution is 2.37. The molecular weight excluding hydrogens is 310 g/mol. The molecule has 0 amide bonds. The van der Waals surface area contributed by atoms with Gasteiger partial charge in [0.25, 0.3) is 0 Å². The summed E-state index contributed by atoms with van der Waals surface area (Å²) in [5.41, 5.74) is 4.48. The second-order valence-corrected chi connectivity index (χ2v) is 7.37. The van der Waals surface area contributed by atoms with Crippen molar-refractivity contribution in [2.24, 2.45) is 5.84 Å². The summed E-state index contributed by atoms with van der Waals surface area (Å²) >= 11 is 3.53. The molecule has 3 rings (SSSR count). The lowest BCUT2D eigenvalue weighted by Gasteiger charge is -2.16. The quantitative estimate of drug-likeness (QED) is 0.667. The summed E-state index contributed by atoms with van der Waals surface area (Å²) in [5.74, 6) is 6.08. The Hall–Kier alpha value is -0.950. The Bertz CT molecular complexity index is 646. The van der Waals surface area contributed by atoms with E-state index in [1.165, 1.54) is 10.4 Å². The number of aryl methyl sites for hydroxylation is 2. The topological polar surface area (TPSA) is 38.0 Å². The Balaban J connectivity index is 2.02. The normalized spacial score (nSPS) is 15.8. The van der Waals surface area contributed by atoms with Crippen molar-refractivity contribution in [3.05, 3.63) is 56.3 Å². The summed E-state index contributed by atoms with van der Waals surface area (Å²) < 4.78 is 28.0. The van der Waals surface area contributed by atoms with Gasteiger partial charge < -0.3 is 0 Å². The molecule has 0 aliphatic carbocycles. The third-order valence-corrected chi connectivity index (χ3v) is 6.02. The van der Waals surface area contributed by atoms with E-state index in [1.807, 2.05) is 11.8 Å². The van der Waals surface area contributed by atoms with Crippen LogP contribution in [0.25, 0.3) is 0 Å². The standard InChI is InChI=1S/C15H16F2N2S2/c1-8-2-3-10(14(17)13(8)16)15(19-18)12-6-9-7-20-5-4-11(9)21-12/h2-3,6,15,19H,4-5,7,18H2,1H3. The van der Waals surface area contributed by atoms with E-state index in [1.54, 1.807) is 30.4 Å². The SMILES string of the molecule is Cc1ccc(C(NN)c2cc3c(s2)CCSC3)c(F)c1F. The lowest BCUT2D eigenvalue weighted by Crippen LogP contribution is -2.29. The van der Waals surface area contributed by atoms with Gasteiger partial charge in [-0.2, -0.15) is 11.8 Å². The van der Waals surface area contributed by atoms with Crippen molar-refractivity contribution in [2.75, 3.05) is 5.75 Å². The molecule has 6 heteroatoms. The van der Waals surface area contributed by atoms with Crippen molar-refractivity contribution in [3.63, 3.8) is 0 Å². The van der Waals surface area contributed by atoms with Crippen molar-refractivity contribution in [2.45, 2.75) is 25.1 Å². The van der Waals surface area contributed by atoms with Gasteiger partial charge in [0, 0.05) is 21.1 Å². The largest absolute Gasteiger partial charge is 0.271 e. The molecule has 0 spiro atoms. The molecule has 112 valence electrons. The first-order valence-corrected chi connectivity index (χ1v) is 8.68. The van der Waals surface area contributed by atoms with Crippen LogP contribution in [0.2, 0.25) is 0 Å². The van der Waals surface area contributed by atoms with E-state index in [-0.39, 0.29) is 5.56 Å². The molecule has 2 heterocycles. The summed E-state index contributed by atoms with van der Waals surface area (Å²) in [7, 11) is 0. The van der Waals surface area contributed by atoms with Gasteiger partial charge in [0.2, 0.25) is 0 Å². The lowest BCUT2D eigenvalue weighted by molar-refractivity contribution is 0.480. The maximum Gasteiger partial charge on any atom is 0.164 e. The fourth-order valence-corrected chi connectivity index (χ4v) is 4.98. The van der Waals surface area contributed by atoms with Crippen LogP contribution in [0.4, 0.5) is 8.78 Å². The molecule has 1 aromatic heterocycles. The summed E-state index contributed by atoms with van der Waals surface area (Å²) in [4.78, 5) is 2.27. The smallest absolute Gasteiger partial charge is 0.164 e. The first-order valence-electron chi connectivity index (χ1n) is 6.71. The fourth-order valence-electron chi connectivity index (χ4n) is 2.52. The van der Waals surface area contributed by atoms with Gasteiger partial charge in [-0.1, -0.05) is 12.1 Å². The molecule has 3 N–H and O–H groups in total. The number of thiophene rings is 1. The average Bonchev–Trinajstić information content (AvgIpc) is 2.91. The van der Waals surface area contributed by atoms with E-state index in [9.17, 15) is 8.78 Å². The number of rotatable bonds is 3. The molecule has 2 aromatic rings. The van der Waals surface area contributed by atoms with Crippen LogP contribution in [0.15, 0.2) is 18.2 Å². The summed E-state index contributed by atoms with van der Waals surface area (Å²) in [6.07, 6.45) is 1.03. The van der Waals surface area contributed by atoms with E-state index in [2.05, 4.69) is 11.5 Å². The lowest BCUT2D eigenvalue weighted by atomic mass is 10.0. The zero-order valence-electron chi connectivity index (χ0n) is 11.6. The Labute approximate surface area is 130 Å². The van der Waals surface area contributed by atoms with Crippen LogP contribution in [0.5, 0.6) is 0 Å². The van der Waals surface area contributed by atoms with Crippen LogP contribution >= 0.6 is 23.1 Å². The number of hydrogen-bond acceptors (Lipinski definition) is 4. The molecular formula is C15H16F2N2S2. The molecule has 1 aliphatic heterocycles. The minimum absolute atomic E-state index is 0.256. The van der Waals surface area contributed by atoms with Crippen LogP contribution in [0.3, 0.4) is 0 Å². The van der Waals surface area contributed by atoms with Crippen molar-refractivity contribution < 1.29 is 8.78 Å². The van der Waals surface area contributed by atoms with Crippen LogP contribution in [-0.4, -0.2) is 5.75 Å². The van der Waals surface area contributed by atoms with E-state index < -0.39 is 17.7 Å². The molecule has 2 nitrogen and oxygen atoms in total. The number of hydrazine groups is 1. The third-order valence-electron chi connectivity index (χ3n) is 3.71. The zero-order chi connectivity index (χ0) is 15.0. The number of halogens is 2. The number of thioether (sulfide) groups is 1. The second kappa shape index (κ2) is 6.04. The van der Waals surface area contributed by atoms with Crippen molar-refractivity contribution in [3.8, 4) is 0 Å². The van der Waals surface area contributed by atoms with Crippen molar-refractivity contribution in [1.82, 2.24) is 5.43 Å². The van der Waals surface area contributed by atoms with Crippen LogP contribution < -0.4 is 11.3 Å². The molecule has 0 radical (unpaired) electrons. The number of benzene rings is 1. The van der Waals surface area contributed by atoms with E-state index in [0.717, 1.165) is 22.8 Å². The summed E-state index contributed by atoms with van der Waals surface area (Å²) in [5, 5.41) is 0. The highest BCUT2D eigenvalue weighted by atomic mass is 32.2. The highest BCUT2D eigenvalue weighted by Gasteiger charge is 2.24. The van der Waals surface area contributed by atoms with Crippen molar-refractivity contribution >= 4 is 23.1 Å². The maximum absolute atomic E-state index is 14.2. The maximum atomic E-state index is 14.2. The Morgan fingerprint density at radius 3 is 2.81 bits per heavy atom. The Kier molecular flexibility index (Phi) is 4.31. The van der Waals surface area contributed by atoms with Crippen LogP contribution in [0, 0.1) is 18.6 Å². The molecule has 0 bridgehead atoms. The molecule has 21 heavy (non-hydrogen) atoms. The van der Waals surface area contributed by atoms with Crippen LogP contribution in [-0.2, 0) is 12.2 Å². The van der Waals surface area contributed by atoms with Gasteiger partial charge in [0.1, 0.15) is 0 Å². The minimum Gasteiger partial charge on any atom is -0.271 e. The Morgan fingerprint density at radius 2 is 2.10 bits per heavy atom. The molecule has 1 aromatic carbocycles. The van der Waals surface area contributed by atoms with Gasteiger partial charge >= 0.3 is 0 Å². The number of fused-ring (bicyclic) bond motifs is 1. The number of hydrogen-bond donors (Lipinski definition) is 2. The summed E-state index contributed by atoms with van der Waals surface area (Å²) in [6.45, 7) is 1.55. The predicted octanol–water partition coefficient (Wildman–Crippen LogP) is 3.68. The summed E-state index contributed by atoms with van der Waals surface area (Å²) in [6, 6.07) is 4.74. The van der Waals surface area contributed by atoms with Gasteiger partial charge in [-0.15, -0.1) is 11.3 Å². The van der Waals surface area contributed by atoms with Crippen molar-refractivity contribution in [1.29, 1.82) is 0 Å². The average molecular weight is 326 g/mol. The molecule has 0 fully saturated rings. The van der Waals surface area contributed by atoms with E-state index in [4.69, 9.17) is 5.84 Å². The van der Waals surface area contributed by atoms with Crippen LogP contribution in [0.1, 0.15) is 32.5 Å². The second-order valence-electron chi connectivity index (χ2n) is 5.10. The first kappa shape index (κ1) is 15.0. The Morgan fingerprint density at radius 1 is 1.29 bits per heavy atom. The minimum atomic E-state index is -0.821. The van der Waals surface area contributed by atoms with Gasteiger partial charge in [0.15, 0.2) is 11.6 Å². The molecule has 1 unspecified atom stereocenters. The monoisotopic (exact) mass is 326 g/mol. The fraction of sp³-hybridized carbons (Fsp3) is 0.333. The number of nitrogens with one attached hydrogen (secondary N) is 1. The van der Waals surface area contributed by atoms with Gasteiger partial charge in [0.05, 0.1) is 6.04 Å². The third kappa shape index (κ3) is 2.73. The zero-order valence-corrected chi connectivity index (χ0v) is 13.2. The van der Waals surface area contributed by atoms with Gasteiger partial charge in [-0.25, -0.2) is 14.2 Å². The molecule has 1 atom stereocenters. The van der Waals surface area contributed by atoms with E-state index >= 15 is 0 Å². The molecule has 0 saturated carbocycles. The highest BCUT2D eigenvalue weighted by molar-refractivity contribution is 7.98. The van der Waals surface area contributed by atoms with Gasteiger partial charge in [-0.05, 0) is 36.3 Å².